The highest BCUT2D eigenvalue weighted by molar-refractivity contribution is 6.33. The molecule has 0 radical (unpaired) electrons. The first-order chi connectivity index (χ1) is 20.4. The van der Waals surface area contributed by atoms with Crippen LogP contribution in [-0.4, -0.2) is 71.3 Å². The minimum Gasteiger partial charge on any atom is -0.454 e. The second-order valence-corrected chi connectivity index (χ2v) is 10.7. The van der Waals surface area contributed by atoms with Gasteiger partial charge in [0.25, 0.3) is 5.91 Å². The zero-order valence-electron chi connectivity index (χ0n) is 23.2. The van der Waals surface area contributed by atoms with Crippen molar-refractivity contribution in [3.8, 4) is 22.8 Å². The summed E-state index contributed by atoms with van der Waals surface area (Å²) in [4.78, 5) is 32.6. The van der Waals surface area contributed by atoms with Crippen molar-refractivity contribution in [1.29, 1.82) is 0 Å². The van der Waals surface area contributed by atoms with Gasteiger partial charge in [0.2, 0.25) is 12.7 Å². The molecule has 0 bridgehead atoms. The number of anilines is 1. The molecule has 0 atom stereocenters. The van der Waals surface area contributed by atoms with Crippen molar-refractivity contribution in [2.75, 3.05) is 44.4 Å². The molecule has 3 heterocycles. The van der Waals surface area contributed by atoms with Crippen LogP contribution < -0.4 is 14.4 Å². The van der Waals surface area contributed by atoms with Crippen molar-refractivity contribution in [1.82, 2.24) is 20.0 Å². The van der Waals surface area contributed by atoms with Crippen molar-refractivity contribution < 1.29 is 19.1 Å². The molecule has 1 saturated heterocycles. The average Bonchev–Trinajstić information content (AvgIpc) is 3.49. The van der Waals surface area contributed by atoms with Crippen LogP contribution in [0.25, 0.3) is 11.3 Å². The predicted molar refractivity (Wildman–Crippen MR) is 160 cm³/mol. The van der Waals surface area contributed by atoms with Crippen LogP contribution in [-0.2, 0) is 11.3 Å². The molecular weight excluding hydrogens is 554 g/mol. The highest BCUT2D eigenvalue weighted by atomic mass is 35.5. The number of hydrogen-bond acceptors (Lipinski definition) is 7. The Hall–Kier alpha value is -4.63. The number of nitrogens with zero attached hydrogens (tertiary/aromatic N) is 5. The van der Waals surface area contributed by atoms with Gasteiger partial charge in [0.1, 0.15) is 6.54 Å². The number of hydrogen-bond donors (Lipinski definition) is 0. The fourth-order valence-corrected chi connectivity index (χ4v) is 5.33. The fourth-order valence-electron chi connectivity index (χ4n) is 5.09. The quantitative estimate of drug-likeness (QED) is 0.308. The topological polar surface area (TPSA) is 88.1 Å². The summed E-state index contributed by atoms with van der Waals surface area (Å²) in [6, 6.07) is 24.3. The van der Waals surface area contributed by atoms with E-state index in [1.807, 2.05) is 73.7 Å². The molecule has 0 N–H and O–H groups in total. The molecule has 4 aromatic rings. The molecule has 1 aromatic heterocycles. The minimum atomic E-state index is -0.200. The van der Waals surface area contributed by atoms with Crippen molar-refractivity contribution in [2.24, 2.45) is 0 Å². The van der Waals surface area contributed by atoms with Gasteiger partial charge in [0, 0.05) is 43.9 Å². The van der Waals surface area contributed by atoms with Gasteiger partial charge in [0.05, 0.1) is 10.7 Å². The molecule has 42 heavy (non-hydrogen) atoms. The summed E-state index contributed by atoms with van der Waals surface area (Å²) in [5.41, 5.74) is 4.00. The summed E-state index contributed by atoms with van der Waals surface area (Å²) in [6.45, 7) is 4.63. The van der Waals surface area contributed by atoms with E-state index in [1.165, 1.54) is 0 Å². The summed E-state index contributed by atoms with van der Waals surface area (Å²) < 4.78 is 10.9. The number of fused-ring (bicyclic) bond motifs is 1. The van der Waals surface area contributed by atoms with Crippen LogP contribution in [0.15, 0.2) is 78.9 Å². The van der Waals surface area contributed by atoms with Gasteiger partial charge in [-0.3, -0.25) is 9.59 Å². The zero-order chi connectivity index (χ0) is 29.1. The maximum atomic E-state index is 13.6. The Labute approximate surface area is 249 Å². The third-order valence-electron chi connectivity index (χ3n) is 7.48. The summed E-state index contributed by atoms with van der Waals surface area (Å²) in [7, 11) is 0. The Kier molecular flexibility index (Phi) is 7.92. The van der Waals surface area contributed by atoms with E-state index in [9.17, 15) is 9.59 Å². The van der Waals surface area contributed by atoms with Gasteiger partial charge in [0.15, 0.2) is 17.3 Å². The number of aryl methyl sites for hydroxylation is 1. The van der Waals surface area contributed by atoms with Crippen molar-refractivity contribution in [3.05, 3.63) is 101 Å². The molecule has 0 aliphatic carbocycles. The van der Waals surface area contributed by atoms with Gasteiger partial charge < -0.3 is 24.2 Å². The third-order valence-corrected chi connectivity index (χ3v) is 7.81. The first-order valence-corrected chi connectivity index (χ1v) is 14.2. The number of amides is 2. The van der Waals surface area contributed by atoms with Crippen molar-refractivity contribution >= 4 is 29.2 Å². The lowest BCUT2D eigenvalue weighted by atomic mass is 10.1. The number of ether oxygens (including phenoxy) is 2. The van der Waals surface area contributed by atoms with Crippen LogP contribution in [0.1, 0.15) is 21.5 Å². The molecule has 0 unspecified atom stereocenters. The summed E-state index contributed by atoms with van der Waals surface area (Å²) in [6.07, 6.45) is 0. The second-order valence-electron chi connectivity index (χ2n) is 10.3. The Bertz CT molecular complexity index is 1590. The molecular formula is C32H30ClN5O4. The van der Waals surface area contributed by atoms with E-state index in [0.717, 1.165) is 22.5 Å². The molecule has 0 saturated carbocycles. The van der Waals surface area contributed by atoms with E-state index in [2.05, 4.69) is 15.1 Å². The van der Waals surface area contributed by atoms with Crippen molar-refractivity contribution in [2.45, 2.75) is 13.5 Å². The van der Waals surface area contributed by atoms with Crippen LogP contribution in [0.4, 0.5) is 5.82 Å². The van der Waals surface area contributed by atoms with Crippen LogP contribution in [0.2, 0.25) is 5.02 Å². The SMILES string of the molecule is Cc1ccc(C(=O)N(CC(=O)N2CCN(c3ccc(-c4ccccc4Cl)nn3)CC2)Cc2ccc3c(c2)OCO3)cc1. The van der Waals surface area contributed by atoms with Gasteiger partial charge in [-0.2, -0.15) is 0 Å². The number of rotatable bonds is 7. The molecule has 2 aliphatic rings. The van der Waals surface area contributed by atoms with E-state index in [-0.39, 0.29) is 31.7 Å². The first kappa shape index (κ1) is 27.5. The van der Waals surface area contributed by atoms with Crippen LogP contribution >= 0.6 is 11.6 Å². The summed E-state index contributed by atoms with van der Waals surface area (Å²) in [5.74, 6) is 1.76. The van der Waals surface area contributed by atoms with Crippen molar-refractivity contribution in [3.63, 3.8) is 0 Å². The van der Waals surface area contributed by atoms with Gasteiger partial charge in [-0.15, -0.1) is 10.2 Å². The molecule has 0 spiro atoms. The molecule has 1 fully saturated rings. The van der Waals surface area contributed by atoms with E-state index < -0.39 is 0 Å². The first-order valence-electron chi connectivity index (χ1n) is 13.8. The molecule has 10 heteroatoms. The van der Waals surface area contributed by atoms with Gasteiger partial charge in [-0.25, -0.2) is 0 Å². The lowest BCUT2D eigenvalue weighted by molar-refractivity contribution is -0.132. The average molecular weight is 584 g/mol. The standard InChI is InChI=1S/C32H30ClN5O4/c1-22-6-9-24(10-7-22)32(40)38(19-23-8-12-28-29(18-23)42-21-41-28)20-31(39)37-16-14-36(15-17-37)30-13-11-27(34-35-30)25-4-2-3-5-26(25)33/h2-13,18H,14-17,19-21H2,1H3. The number of carbonyl (C=O) groups is 2. The second kappa shape index (κ2) is 12.1. The van der Waals surface area contributed by atoms with E-state index in [0.29, 0.717) is 54.0 Å². The number of carbonyl (C=O) groups excluding carboxylic acids is 2. The molecule has 9 nitrogen and oxygen atoms in total. The lowest BCUT2D eigenvalue weighted by Gasteiger charge is -2.36. The summed E-state index contributed by atoms with van der Waals surface area (Å²) >= 11 is 6.31. The zero-order valence-corrected chi connectivity index (χ0v) is 24.0. The molecule has 2 aliphatic heterocycles. The van der Waals surface area contributed by atoms with E-state index in [4.69, 9.17) is 21.1 Å². The number of piperazine rings is 1. The molecule has 3 aromatic carbocycles. The molecule has 2 amide bonds. The number of halogens is 1. The Morgan fingerprint density at radius 3 is 2.38 bits per heavy atom. The fraction of sp³-hybridized carbons (Fsp3) is 0.250. The number of aromatic nitrogens is 2. The molecule has 214 valence electrons. The van der Waals surface area contributed by atoms with Crippen LogP contribution in [0.3, 0.4) is 0 Å². The Morgan fingerprint density at radius 2 is 1.64 bits per heavy atom. The smallest absolute Gasteiger partial charge is 0.254 e. The predicted octanol–water partition coefficient (Wildman–Crippen LogP) is 4.83. The maximum absolute atomic E-state index is 13.6. The van der Waals surface area contributed by atoms with Crippen LogP contribution in [0, 0.1) is 6.92 Å². The third kappa shape index (κ3) is 6.01. The number of benzene rings is 3. The normalized spacial score (nSPS) is 14.1. The molecule has 6 rings (SSSR count). The van der Waals surface area contributed by atoms with Crippen LogP contribution in [0.5, 0.6) is 11.5 Å². The Morgan fingerprint density at radius 1 is 0.881 bits per heavy atom. The summed E-state index contributed by atoms with van der Waals surface area (Å²) in [5, 5.41) is 9.42. The van der Waals surface area contributed by atoms with Gasteiger partial charge in [-0.1, -0.05) is 53.6 Å². The van der Waals surface area contributed by atoms with Gasteiger partial charge in [-0.05, 0) is 55.0 Å². The Balaban J connectivity index is 1.11. The lowest BCUT2D eigenvalue weighted by Crippen LogP contribution is -2.52. The monoisotopic (exact) mass is 583 g/mol. The highest BCUT2D eigenvalue weighted by Gasteiger charge is 2.27. The van der Waals surface area contributed by atoms with E-state index >= 15 is 0 Å². The largest absolute Gasteiger partial charge is 0.454 e. The van der Waals surface area contributed by atoms with E-state index in [1.54, 1.807) is 21.9 Å². The van der Waals surface area contributed by atoms with Gasteiger partial charge >= 0.3 is 0 Å². The maximum Gasteiger partial charge on any atom is 0.254 e. The highest BCUT2D eigenvalue weighted by Crippen LogP contribution is 2.33. The minimum absolute atomic E-state index is 0.0342.